The van der Waals surface area contributed by atoms with Gasteiger partial charge in [-0.3, -0.25) is 4.99 Å². The fraction of sp³-hybridized carbons (Fsp3) is 0.923. The number of aliphatic imine (C=N–C) groups is 1. The molecule has 0 saturated carbocycles. The van der Waals surface area contributed by atoms with E-state index in [1.807, 2.05) is 0 Å². The van der Waals surface area contributed by atoms with Gasteiger partial charge >= 0.3 is 0 Å². The number of nitrogens with one attached hydrogen (secondary N) is 1. The highest BCUT2D eigenvalue weighted by molar-refractivity contribution is 5.77. The summed E-state index contributed by atoms with van der Waals surface area (Å²) in [5.41, 5.74) is 5.79. The molecule has 0 aromatic carbocycles. The van der Waals surface area contributed by atoms with Crippen molar-refractivity contribution in [2.24, 2.45) is 22.6 Å². The molecule has 0 saturated heterocycles. The Morgan fingerprint density at radius 2 is 2.00 bits per heavy atom. The maximum atomic E-state index is 5.79. The zero-order valence-electron chi connectivity index (χ0n) is 11.4. The Balaban J connectivity index is 3.77. The second-order valence-electron chi connectivity index (χ2n) is 4.92. The third kappa shape index (κ3) is 8.57. The fourth-order valence-corrected chi connectivity index (χ4v) is 1.53. The lowest BCUT2D eigenvalue weighted by atomic mass is 9.99. The van der Waals surface area contributed by atoms with Crippen molar-refractivity contribution in [1.82, 2.24) is 5.32 Å². The van der Waals surface area contributed by atoms with E-state index in [-0.39, 0.29) is 0 Å². The highest BCUT2D eigenvalue weighted by Gasteiger charge is 2.05. The summed E-state index contributed by atoms with van der Waals surface area (Å²) >= 11 is 0. The molecule has 0 spiro atoms. The molecule has 0 aromatic heterocycles. The summed E-state index contributed by atoms with van der Waals surface area (Å²) in [7, 11) is 0. The van der Waals surface area contributed by atoms with Crippen LogP contribution in [-0.2, 0) is 0 Å². The molecule has 0 aliphatic carbocycles. The lowest BCUT2D eigenvalue weighted by molar-refractivity contribution is 0.445. The van der Waals surface area contributed by atoms with E-state index in [2.05, 4.69) is 38.0 Å². The van der Waals surface area contributed by atoms with Gasteiger partial charge in [0.1, 0.15) is 0 Å². The summed E-state index contributed by atoms with van der Waals surface area (Å²) in [5.74, 6) is 1.90. The minimum atomic E-state index is 0.572. The lowest BCUT2D eigenvalue weighted by Crippen LogP contribution is -2.35. The summed E-state index contributed by atoms with van der Waals surface area (Å²) in [6, 6.07) is 0. The van der Waals surface area contributed by atoms with E-state index >= 15 is 0 Å². The first-order valence-electron chi connectivity index (χ1n) is 6.63. The molecule has 0 heterocycles. The van der Waals surface area contributed by atoms with Crippen molar-refractivity contribution in [2.75, 3.05) is 13.1 Å². The Morgan fingerprint density at radius 3 is 2.50 bits per heavy atom. The molecule has 3 heteroatoms. The van der Waals surface area contributed by atoms with Crippen molar-refractivity contribution >= 4 is 5.96 Å². The molecule has 16 heavy (non-hydrogen) atoms. The van der Waals surface area contributed by atoms with E-state index in [0.717, 1.165) is 19.0 Å². The number of nitrogens with two attached hydrogens (primary N) is 1. The third-order valence-corrected chi connectivity index (χ3v) is 2.74. The van der Waals surface area contributed by atoms with Crippen molar-refractivity contribution in [2.45, 2.75) is 53.4 Å². The molecule has 3 nitrogen and oxygen atoms in total. The largest absolute Gasteiger partial charge is 0.370 e. The minimum Gasteiger partial charge on any atom is -0.370 e. The quantitative estimate of drug-likeness (QED) is 0.495. The average Bonchev–Trinajstić information content (AvgIpc) is 2.26. The molecule has 0 rings (SSSR count). The van der Waals surface area contributed by atoms with E-state index in [1.54, 1.807) is 0 Å². The van der Waals surface area contributed by atoms with E-state index in [1.165, 1.54) is 25.7 Å². The predicted molar refractivity (Wildman–Crippen MR) is 72.6 cm³/mol. The van der Waals surface area contributed by atoms with Crippen LogP contribution in [0, 0.1) is 11.8 Å². The van der Waals surface area contributed by atoms with Crippen molar-refractivity contribution in [3.63, 3.8) is 0 Å². The maximum Gasteiger partial charge on any atom is 0.188 e. The number of nitrogens with zero attached hydrogens (tertiary/aromatic N) is 1. The number of guanidine groups is 1. The van der Waals surface area contributed by atoms with Crippen molar-refractivity contribution in [1.29, 1.82) is 0 Å². The Kier molecular flexibility index (Phi) is 9.06. The molecule has 0 radical (unpaired) electrons. The Hall–Kier alpha value is -0.730. The van der Waals surface area contributed by atoms with Gasteiger partial charge in [-0.05, 0) is 18.3 Å². The van der Waals surface area contributed by atoms with Gasteiger partial charge in [0.25, 0.3) is 0 Å². The van der Waals surface area contributed by atoms with Gasteiger partial charge in [0, 0.05) is 13.1 Å². The molecule has 0 fully saturated rings. The molecule has 1 atom stereocenters. The van der Waals surface area contributed by atoms with Crippen LogP contribution in [0.2, 0.25) is 0 Å². The molecular weight excluding hydrogens is 198 g/mol. The zero-order valence-corrected chi connectivity index (χ0v) is 11.4. The van der Waals surface area contributed by atoms with Gasteiger partial charge < -0.3 is 11.1 Å². The van der Waals surface area contributed by atoms with Crippen LogP contribution in [0.3, 0.4) is 0 Å². The summed E-state index contributed by atoms with van der Waals surface area (Å²) in [4.78, 5) is 4.29. The summed E-state index contributed by atoms with van der Waals surface area (Å²) in [6.07, 6.45) is 5.08. The number of rotatable bonds is 8. The SMILES string of the molecule is CCCCC(CC)CNC(N)=NCC(C)C. The molecule has 3 N–H and O–H groups in total. The summed E-state index contributed by atoms with van der Waals surface area (Å²) < 4.78 is 0. The van der Waals surface area contributed by atoms with Gasteiger partial charge in [0.05, 0.1) is 0 Å². The average molecular weight is 227 g/mol. The van der Waals surface area contributed by atoms with Crippen molar-refractivity contribution in [3.05, 3.63) is 0 Å². The van der Waals surface area contributed by atoms with Crippen LogP contribution >= 0.6 is 0 Å². The zero-order chi connectivity index (χ0) is 12.4. The first kappa shape index (κ1) is 15.3. The summed E-state index contributed by atoms with van der Waals surface area (Å²) in [6.45, 7) is 10.5. The monoisotopic (exact) mass is 227 g/mol. The smallest absolute Gasteiger partial charge is 0.188 e. The van der Waals surface area contributed by atoms with Gasteiger partial charge in [0.15, 0.2) is 5.96 Å². The van der Waals surface area contributed by atoms with Crippen LogP contribution in [0.15, 0.2) is 4.99 Å². The third-order valence-electron chi connectivity index (χ3n) is 2.74. The first-order chi connectivity index (χ1) is 7.60. The maximum absolute atomic E-state index is 5.79. The van der Waals surface area contributed by atoms with Crippen molar-refractivity contribution in [3.8, 4) is 0 Å². The normalized spacial score (nSPS) is 14.2. The molecule has 0 aliphatic heterocycles. The summed E-state index contributed by atoms with van der Waals surface area (Å²) in [5, 5.41) is 3.23. The van der Waals surface area contributed by atoms with Crippen LogP contribution in [-0.4, -0.2) is 19.0 Å². The van der Waals surface area contributed by atoms with E-state index in [4.69, 9.17) is 5.73 Å². The number of hydrogen-bond acceptors (Lipinski definition) is 1. The Bertz CT molecular complexity index is 188. The molecule has 0 aromatic rings. The molecule has 0 bridgehead atoms. The predicted octanol–water partition coefficient (Wildman–Crippen LogP) is 2.76. The fourth-order valence-electron chi connectivity index (χ4n) is 1.53. The van der Waals surface area contributed by atoms with E-state index in [9.17, 15) is 0 Å². The standard InChI is InChI=1S/C13H29N3/c1-5-7-8-12(6-2)10-16-13(14)15-9-11(3)4/h11-12H,5-10H2,1-4H3,(H3,14,15,16). The van der Waals surface area contributed by atoms with Gasteiger partial charge in [-0.2, -0.15) is 0 Å². The van der Waals surface area contributed by atoms with Gasteiger partial charge in [-0.15, -0.1) is 0 Å². The van der Waals surface area contributed by atoms with E-state index in [0.29, 0.717) is 11.9 Å². The highest BCUT2D eigenvalue weighted by atomic mass is 15.1. The van der Waals surface area contributed by atoms with Gasteiger partial charge in [0.2, 0.25) is 0 Å². The van der Waals surface area contributed by atoms with Gasteiger partial charge in [-0.1, -0.05) is 47.0 Å². The van der Waals surface area contributed by atoms with Crippen LogP contribution in [0.1, 0.15) is 53.4 Å². The Labute approximate surface area is 101 Å². The molecule has 0 aliphatic rings. The molecule has 0 amide bonds. The van der Waals surface area contributed by atoms with Crippen LogP contribution < -0.4 is 11.1 Å². The number of unbranched alkanes of at least 4 members (excludes halogenated alkanes) is 1. The van der Waals surface area contributed by atoms with Gasteiger partial charge in [-0.25, -0.2) is 0 Å². The Morgan fingerprint density at radius 1 is 1.31 bits per heavy atom. The van der Waals surface area contributed by atoms with E-state index < -0.39 is 0 Å². The molecule has 96 valence electrons. The minimum absolute atomic E-state index is 0.572. The first-order valence-corrected chi connectivity index (χ1v) is 6.63. The number of hydrogen-bond donors (Lipinski definition) is 2. The second-order valence-corrected chi connectivity index (χ2v) is 4.92. The van der Waals surface area contributed by atoms with Crippen LogP contribution in [0.4, 0.5) is 0 Å². The second kappa shape index (κ2) is 9.49. The molecule has 1 unspecified atom stereocenters. The highest BCUT2D eigenvalue weighted by Crippen LogP contribution is 2.10. The topological polar surface area (TPSA) is 50.4 Å². The van der Waals surface area contributed by atoms with Crippen molar-refractivity contribution < 1.29 is 0 Å². The lowest BCUT2D eigenvalue weighted by Gasteiger charge is -2.15. The molecular formula is C13H29N3. The van der Waals surface area contributed by atoms with Crippen LogP contribution in [0.5, 0.6) is 0 Å². The van der Waals surface area contributed by atoms with Crippen LogP contribution in [0.25, 0.3) is 0 Å².